The van der Waals surface area contributed by atoms with Crippen molar-refractivity contribution in [3.05, 3.63) is 59.2 Å². The molecule has 3 rings (SSSR count). The molecule has 0 saturated heterocycles. The molecule has 6 heteroatoms. The second-order valence-electron chi connectivity index (χ2n) is 9.17. The molecule has 0 spiro atoms. The molecule has 0 aromatic heterocycles. The lowest BCUT2D eigenvalue weighted by molar-refractivity contribution is -0.121. The van der Waals surface area contributed by atoms with Crippen LogP contribution in [0.2, 0.25) is 5.02 Å². The fourth-order valence-corrected chi connectivity index (χ4v) is 4.56. The maximum absolute atomic E-state index is 11.7. The molecule has 2 aliphatic carbocycles. The molecule has 2 fully saturated rings. The largest absolute Gasteiger partial charge is 0.393 e. The van der Waals surface area contributed by atoms with Crippen LogP contribution in [0.15, 0.2) is 48.6 Å². The first kappa shape index (κ1) is 25.0. The molecule has 0 bridgehead atoms. The molecular formula is C26H36ClNO4. The van der Waals surface area contributed by atoms with Gasteiger partial charge in [-0.1, -0.05) is 48.0 Å². The van der Waals surface area contributed by atoms with E-state index in [0.29, 0.717) is 43.2 Å². The first-order valence-corrected chi connectivity index (χ1v) is 12.2. The average Bonchev–Trinajstić information content (AvgIpc) is 3.52. The van der Waals surface area contributed by atoms with Crippen molar-refractivity contribution >= 4 is 17.5 Å². The van der Waals surface area contributed by atoms with E-state index in [1.165, 1.54) is 0 Å². The highest BCUT2D eigenvalue weighted by Crippen LogP contribution is 2.36. The zero-order valence-corrected chi connectivity index (χ0v) is 19.3. The monoisotopic (exact) mass is 461 g/mol. The van der Waals surface area contributed by atoms with Crippen molar-refractivity contribution in [3.63, 3.8) is 0 Å². The Balaban J connectivity index is 1.40. The van der Waals surface area contributed by atoms with Gasteiger partial charge in [0.05, 0.1) is 18.3 Å². The first-order chi connectivity index (χ1) is 15.4. The first-order valence-electron chi connectivity index (χ1n) is 11.8. The number of benzene rings is 1. The molecule has 0 unspecified atom stereocenters. The Bertz CT molecular complexity index is 792. The number of allylic oxidation sites excluding steroid dienone is 2. The van der Waals surface area contributed by atoms with Gasteiger partial charge in [0.15, 0.2) is 0 Å². The van der Waals surface area contributed by atoms with E-state index < -0.39 is 18.3 Å². The highest BCUT2D eigenvalue weighted by molar-refractivity contribution is 6.30. The van der Waals surface area contributed by atoms with E-state index in [0.717, 1.165) is 31.2 Å². The van der Waals surface area contributed by atoms with Crippen LogP contribution < -0.4 is 5.32 Å². The smallest absolute Gasteiger partial charge is 0.220 e. The van der Waals surface area contributed by atoms with E-state index in [4.69, 9.17) is 11.6 Å². The van der Waals surface area contributed by atoms with Gasteiger partial charge in [-0.3, -0.25) is 4.79 Å². The Morgan fingerprint density at radius 3 is 2.78 bits per heavy atom. The summed E-state index contributed by atoms with van der Waals surface area (Å²) in [5.41, 5.74) is 1.08. The van der Waals surface area contributed by atoms with E-state index in [2.05, 4.69) is 11.4 Å². The van der Waals surface area contributed by atoms with Crippen LogP contribution in [0.4, 0.5) is 0 Å². The quantitative estimate of drug-likeness (QED) is 0.280. The molecule has 0 radical (unpaired) electrons. The number of carbonyl (C=O) groups excluding carboxylic acids is 1. The molecule has 0 heterocycles. The maximum Gasteiger partial charge on any atom is 0.220 e. The van der Waals surface area contributed by atoms with E-state index >= 15 is 0 Å². The summed E-state index contributed by atoms with van der Waals surface area (Å²) in [6.07, 6.45) is 12.6. The molecule has 4 N–H and O–H groups in total. The van der Waals surface area contributed by atoms with Crippen LogP contribution in [0.25, 0.3) is 0 Å². The number of aliphatic hydroxyl groups is 3. The number of halogens is 1. The fraction of sp³-hybridized carbons (Fsp3) is 0.577. The van der Waals surface area contributed by atoms with Crippen molar-refractivity contribution < 1.29 is 20.1 Å². The lowest BCUT2D eigenvalue weighted by Gasteiger charge is -2.19. The Labute approximate surface area is 196 Å². The maximum atomic E-state index is 11.7. The van der Waals surface area contributed by atoms with Gasteiger partial charge >= 0.3 is 0 Å². The SMILES string of the molecule is O=C(CCC/C=C\C[C@@H]1[C@@H](/C=C/[C@@H](O)CCc2cccc(Cl)c2)[C@H](O)C[C@@H]1O)NC1CC1. The summed E-state index contributed by atoms with van der Waals surface area (Å²) in [6.45, 7) is 0. The standard InChI is InChI=1S/C26H36ClNO4/c27-19-7-5-6-18(16-19)10-13-21(29)14-15-23-22(24(30)17-25(23)31)8-3-1-2-4-9-26(32)28-20-11-12-20/h1,3,5-7,14-16,20-25,29-31H,2,4,8-13,17H2,(H,28,32)/b3-1-,15-14+/t21-,22+,23+,24-,25+/m0/s1. The van der Waals surface area contributed by atoms with Crippen molar-refractivity contribution in [3.8, 4) is 0 Å². The number of rotatable bonds is 12. The lowest BCUT2D eigenvalue weighted by atomic mass is 9.89. The van der Waals surface area contributed by atoms with Crippen LogP contribution in [0.1, 0.15) is 56.9 Å². The van der Waals surface area contributed by atoms with Gasteiger partial charge in [0.2, 0.25) is 5.91 Å². The minimum absolute atomic E-state index is 0.0733. The van der Waals surface area contributed by atoms with E-state index in [1.54, 1.807) is 6.08 Å². The zero-order valence-electron chi connectivity index (χ0n) is 18.6. The second kappa shape index (κ2) is 12.5. The van der Waals surface area contributed by atoms with E-state index in [1.807, 2.05) is 36.4 Å². The fourth-order valence-electron chi connectivity index (χ4n) is 4.35. The third-order valence-electron chi connectivity index (χ3n) is 6.38. The molecule has 5 atom stereocenters. The van der Waals surface area contributed by atoms with Crippen molar-refractivity contribution in [2.75, 3.05) is 0 Å². The zero-order chi connectivity index (χ0) is 22.9. The van der Waals surface area contributed by atoms with E-state index in [-0.39, 0.29) is 17.7 Å². The van der Waals surface area contributed by atoms with Gasteiger partial charge < -0.3 is 20.6 Å². The number of nitrogens with one attached hydrogen (secondary N) is 1. The van der Waals surface area contributed by atoms with E-state index in [9.17, 15) is 20.1 Å². The lowest BCUT2D eigenvalue weighted by Crippen LogP contribution is -2.24. The molecule has 2 aliphatic rings. The van der Waals surface area contributed by atoms with Gasteiger partial charge in [0.1, 0.15) is 0 Å². The number of amides is 1. The van der Waals surface area contributed by atoms with Crippen molar-refractivity contribution in [1.29, 1.82) is 0 Å². The number of hydrogen-bond donors (Lipinski definition) is 4. The highest BCUT2D eigenvalue weighted by Gasteiger charge is 2.39. The number of aryl methyl sites for hydroxylation is 1. The van der Waals surface area contributed by atoms with Crippen LogP contribution in [-0.4, -0.2) is 45.6 Å². The topological polar surface area (TPSA) is 89.8 Å². The molecule has 0 aliphatic heterocycles. The van der Waals surface area contributed by atoms with Gasteiger partial charge in [0, 0.05) is 29.8 Å². The van der Waals surface area contributed by atoms with Gasteiger partial charge in [-0.15, -0.1) is 0 Å². The predicted molar refractivity (Wildman–Crippen MR) is 127 cm³/mol. The number of aliphatic hydroxyl groups excluding tert-OH is 3. The average molecular weight is 462 g/mol. The molecule has 1 amide bonds. The normalized spacial score (nSPS) is 26.8. The van der Waals surface area contributed by atoms with Gasteiger partial charge in [-0.2, -0.15) is 0 Å². The molecule has 1 aromatic rings. The summed E-state index contributed by atoms with van der Waals surface area (Å²) in [4.78, 5) is 11.7. The molecule has 5 nitrogen and oxygen atoms in total. The van der Waals surface area contributed by atoms with Crippen LogP contribution in [-0.2, 0) is 11.2 Å². The minimum Gasteiger partial charge on any atom is -0.393 e. The Kier molecular flexibility index (Phi) is 9.79. The summed E-state index contributed by atoms with van der Waals surface area (Å²) >= 11 is 6.01. The Morgan fingerprint density at radius 1 is 1.22 bits per heavy atom. The Hall–Kier alpha value is -1.66. The number of unbranched alkanes of at least 4 members (excludes halogenated alkanes) is 1. The van der Waals surface area contributed by atoms with Crippen molar-refractivity contribution in [2.45, 2.75) is 82.1 Å². The molecule has 176 valence electrons. The van der Waals surface area contributed by atoms with Gasteiger partial charge in [-0.25, -0.2) is 0 Å². The van der Waals surface area contributed by atoms with Crippen molar-refractivity contribution in [2.24, 2.45) is 11.8 Å². The third kappa shape index (κ3) is 8.36. The van der Waals surface area contributed by atoms with Gasteiger partial charge in [-0.05, 0) is 68.6 Å². The second-order valence-corrected chi connectivity index (χ2v) is 9.61. The molecular weight excluding hydrogens is 426 g/mol. The molecule has 1 aromatic carbocycles. The number of hydrogen-bond acceptors (Lipinski definition) is 4. The highest BCUT2D eigenvalue weighted by atomic mass is 35.5. The molecule has 32 heavy (non-hydrogen) atoms. The molecule has 2 saturated carbocycles. The van der Waals surface area contributed by atoms with Gasteiger partial charge in [0.25, 0.3) is 0 Å². The number of carbonyl (C=O) groups is 1. The summed E-state index contributed by atoms with van der Waals surface area (Å²) in [7, 11) is 0. The summed E-state index contributed by atoms with van der Waals surface area (Å²) in [5, 5.41) is 34.8. The summed E-state index contributed by atoms with van der Waals surface area (Å²) < 4.78 is 0. The van der Waals surface area contributed by atoms with Crippen molar-refractivity contribution in [1.82, 2.24) is 5.32 Å². The summed E-state index contributed by atoms with van der Waals surface area (Å²) in [5.74, 6) is -0.120. The van der Waals surface area contributed by atoms with Crippen LogP contribution in [0.5, 0.6) is 0 Å². The Morgan fingerprint density at radius 2 is 2.03 bits per heavy atom. The van der Waals surface area contributed by atoms with Crippen LogP contribution >= 0.6 is 11.6 Å². The third-order valence-corrected chi connectivity index (χ3v) is 6.62. The summed E-state index contributed by atoms with van der Waals surface area (Å²) in [6, 6.07) is 8.03. The van der Waals surface area contributed by atoms with Crippen LogP contribution in [0.3, 0.4) is 0 Å². The minimum atomic E-state index is -0.614. The predicted octanol–water partition coefficient (Wildman–Crippen LogP) is 3.94. The van der Waals surface area contributed by atoms with Crippen LogP contribution in [0, 0.1) is 11.8 Å².